The van der Waals surface area contributed by atoms with Crippen LogP contribution in [-0.2, 0) is 16.1 Å². The summed E-state index contributed by atoms with van der Waals surface area (Å²) in [5.41, 5.74) is 3.71. The van der Waals surface area contributed by atoms with Crippen LogP contribution in [0.5, 0.6) is 5.75 Å². The van der Waals surface area contributed by atoms with Gasteiger partial charge in [-0.1, -0.05) is 29.8 Å². The SMILES string of the molecule is COC(=O)N(COC(=O)c1ccc(C)cc1)c1ccc(OCc2nc3ccccc3s2)cc1C. The first-order chi connectivity index (χ1) is 16.4. The van der Waals surface area contributed by atoms with Gasteiger partial charge in [0.05, 0.1) is 28.6 Å². The summed E-state index contributed by atoms with van der Waals surface area (Å²) in [6.45, 7) is 3.83. The molecule has 4 rings (SSSR count). The summed E-state index contributed by atoms with van der Waals surface area (Å²) in [4.78, 5) is 30.7. The summed E-state index contributed by atoms with van der Waals surface area (Å²) in [6.07, 6.45) is -0.636. The molecule has 0 unspecified atom stereocenters. The van der Waals surface area contributed by atoms with Gasteiger partial charge in [0.2, 0.25) is 0 Å². The maximum absolute atomic E-state index is 12.4. The van der Waals surface area contributed by atoms with Crippen LogP contribution in [0.2, 0.25) is 0 Å². The molecule has 0 aliphatic heterocycles. The molecule has 1 aromatic heterocycles. The van der Waals surface area contributed by atoms with Crippen LogP contribution >= 0.6 is 11.3 Å². The molecule has 1 amide bonds. The zero-order chi connectivity index (χ0) is 24.1. The fourth-order valence-corrected chi connectivity index (χ4v) is 4.25. The second-order valence-electron chi connectivity index (χ2n) is 7.64. The maximum atomic E-state index is 12.4. The van der Waals surface area contributed by atoms with Crippen molar-refractivity contribution in [2.24, 2.45) is 0 Å². The normalized spacial score (nSPS) is 10.7. The number of para-hydroxylation sites is 1. The van der Waals surface area contributed by atoms with E-state index in [4.69, 9.17) is 14.2 Å². The average Bonchev–Trinajstić information content (AvgIpc) is 3.27. The molecule has 0 radical (unpaired) electrons. The lowest BCUT2D eigenvalue weighted by Crippen LogP contribution is -2.34. The Morgan fingerprint density at radius 2 is 1.76 bits per heavy atom. The van der Waals surface area contributed by atoms with Crippen LogP contribution in [0.1, 0.15) is 26.5 Å². The number of anilines is 1. The van der Waals surface area contributed by atoms with Crippen molar-refractivity contribution < 1.29 is 23.8 Å². The summed E-state index contributed by atoms with van der Waals surface area (Å²) >= 11 is 1.59. The molecule has 0 spiro atoms. The number of amides is 1. The van der Waals surface area contributed by atoms with Gasteiger partial charge in [0.15, 0.2) is 6.73 Å². The van der Waals surface area contributed by atoms with Gasteiger partial charge in [-0.15, -0.1) is 11.3 Å². The van der Waals surface area contributed by atoms with Gasteiger partial charge in [-0.3, -0.25) is 0 Å². The number of carbonyl (C=O) groups excluding carboxylic acids is 2. The molecule has 0 saturated heterocycles. The van der Waals surface area contributed by atoms with Gasteiger partial charge in [0, 0.05) is 0 Å². The Kier molecular flexibility index (Phi) is 7.08. The number of rotatable bonds is 7. The summed E-state index contributed by atoms with van der Waals surface area (Å²) in [5, 5.41) is 0.877. The number of nitrogens with zero attached hydrogens (tertiary/aromatic N) is 2. The molecule has 174 valence electrons. The molecule has 0 atom stereocenters. The molecule has 7 nitrogen and oxygen atoms in total. The van der Waals surface area contributed by atoms with Crippen molar-refractivity contribution >= 4 is 39.3 Å². The first-order valence-electron chi connectivity index (χ1n) is 10.6. The van der Waals surface area contributed by atoms with E-state index in [9.17, 15) is 9.59 Å². The smallest absolute Gasteiger partial charge is 0.416 e. The predicted octanol–water partition coefficient (Wildman–Crippen LogP) is 5.88. The Hall–Kier alpha value is -3.91. The van der Waals surface area contributed by atoms with E-state index in [1.165, 1.54) is 12.0 Å². The average molecular weight is 477 g/mol. The van der Waals surface area contributed by atoms with E-state index >= 15 is 0 Å². The number of carbonyl (C=O) groups is 2. The number of esters is 1. The second kappa shape index (κ2) is 10.4. The molecular weight excluding hydrogens is 452 g/mol. The van der Waals surface area contributed by atoms with E-state index in [0.29, 0.717) is 23.6 Å². The maximum Gasteiger partial charge on any atom is 0.416 e. The lowest BCUT2D eigenvalue weighted by Gasteiger charge is -2.23. The minimum Gasteiger partial charge on any atom is -0.486 e. The minimum absolute atomic E-state index is 0.286. The zero-order valence-corrected chi connectivity index (χ0v) is 19.9. The van der Waals surface area contributed by atoms with Crippen LogP contribution in [0, 0.1) is 13.8 Å². The van der Waals surface area contributed by atoms with Crippen molar-refractivity contribution in [2.45, 2.75) is 20.5 Å². The van der Waals surface area contributed by atoms with E-state index in [0.717, 1.165) is 26.4 Å². The fourth-order valence-electron chi connectivity index (χ4n) is 3.37. The monoisotopic (exact) mass is 476 g/mol. The topological polar surface area (TPSA) is 78.0 Å². The largest absolute Gasteiger partial charge is 0.486 e. The van der Waals surface area contributed by atoms with Gasteiger partial charge in [-0.25, -0.2) is 19.5 Å². The Bertz CT molecular complexity index is 1280. The molecule has 0 fully saturated rings. The van der Waals surface area contributed by atoms with Crippen LogP contribution in [-0.4, -0.2) is 30.9 Å². The third-order valence-electron chi connectivity index (χ3n) is 5.17. The highest BCUT2D eigenvalue weighted by molar-refractivity contribution is 7.18. The first-order valence-corrected chi connectivity index (χ1v) is 11.4. The number of ether oxygens (including phenoxy) is 3. The Balaban J connectivity index is 1.44. The number of aromatic nitrogens is 1. The van der Waals surface area contributed by atoms with Crippen LogP contribution in [0.25, 0.3) is 10.2 Å². The quantitative estimate of drug-likeness (QED) is 0.245. The molecule has 0 N–H and O–H groups in total. The zero-order valence-electron chi connectivity index (χ0n) is 19.1. The predicted molar refractivity (Wildman–Crippen MR) is 131 cm³/mol. The number of hydrogen-bond acceptors (Lipinski definition) is 7. The van der Waals surface area contributed by atoms with Crippen LogP contribution in [0.3, 0.4) is 0 Å². The third-order valence-corrected chi connectivity index (χ3v) is 6.18. The van der Waals surface area contributed by atoms with Gasteiger partial charge in [-0.05, 0) is 61.9 Å². The number of fused-ring (bicyclic) bond motifs is 1. The van der Waals surface area contributed by atoms with E-state index in [1.807, 2.05) is 56.3 Å². The molecule has 0 aliphatic rings. The van der Waals surface area contributed by atoms with Gasteiger partial charge in [0.1, 0.15) is 17.4 Å². The molecule has 3 aromatic carbocycles. The molecule has 1 heterocycles. The van der Waals surface area contributed by atoms with Crippen molar-refractivity contribution in [1.29, 1.82) is 0 Å². The van der Waals surface area contributed by atoms with Crippen molar-refractivity contribution in [3.8, 4) is 5.75 Å². The molecule has 4 aromatic rings. The highest BCUT2D eigenvalue weighted by Gasteiger charge is 2.21. The Labute approximate surface area is 201 Å². The number of methoxy groups -OCH3 is 1. The van der Waals surface area contributed by atoms with E-state index in [2.05, 4.69) is 4.98 Å². The lowest BCUT2D eigenvalue weighted by atomic mass is 10.1. The highest BCUT2D eigenvalue weighted by atomic mass is 32.1. The van der Waals surface area contributed by atoms with E-state index < -0.39 is 12.1 Å². The molecule has 0 bridgehead atoms. The molecule has 0 saturated carbocycles. The molecular formula is C26H24N2O5S. The summed E-state index contributed by atoms with van der Waals surface area (Å²) in [6, 6.07) is 20.3. The number of aryl methyl sites for hydroxylation is 2. The number of thiazole rings is 1. The van der Waals surface area contributed by atoms with Gasteiger partial charge in [0.25, 0.3) is 0 Å². The first kappa shape index (κ1) is 23.3. The Morgan fingerprint density at radius 1 is 1.00 bits per heavy atom. The third kappa shape index (κ3) is 5.35. The van der Waals surface area contributed by atoms with Crippen molar-refractivity contribution in [2.75, 3.05) is 18.7 Å². The van der Waals surface area contributed by atoms with Gasteiger partial charge < -0.3 is 14.2 Å². The van der Waals surface area contributed by atoms with Crippen LogP contribution < -0.4 is 9.64 Å². The second-order valence-corrected chi connectivity index (χ2v) is 8.75. The number of benzene rings is 3. The molecule has 34 heavy (non-hydrogen) atoms. The number of hydrogen-bond donors (Lipinski definition) is 0. The summed E-state index contributed by atoms with van der Waals surface area (Å²) in [5.74, 6) is 0.115. The standard InChI is InChI=1S/C26H24N2O5S/c1-17-8-10-19(11-9-17)25(29)33-16-28(26(30)31-3)22-13-12-20(14-18(22)2)32-15-24-27-21-6-4-5-7-23(21)34-24/h4-14H,15-16H2,1-3H3. The fraction of sp³-hybridized carbons (Fsp3) is 0.192. The summed E-state index contributed by atoms with van der Waals surface area (Å²) < 4.78 is 17.3. The van der Waals surface area contributed by atoms with Crippen LogP contribution in [0.15, 0.2) is 66.7 Å². The van der Waals surface area contributed by atoms with E-state index in [1.54, 1.807) is 35.6 Å². The Morgan fingerprint density at radius 3 is 2.47 bits per heavy atom. The van der Waals surface area contributed by atoms with E-state index in [-0.39, 0.29) is 6.73 Å². The van der Waals surface area contributed by atoms with Gasteiger partial charge in [-0.2, -0.15) is 0 Å². The molecule has 8 heteroatoms. The lowest BCUT2D eigenvalue weighted by molar-refractivity contribution is 0.0503. The summed E-state index contributed by atoms with van der Waals surface area (Å²) in [7, 11) is 1.28. The van der Waals surface area contributed by atoms with Crippen molar-refractivity contribution in [1.82, 2.24) is 4.98 Å². The van der Waals surface area contributed by atoms with Crippen LogP contribution in [0.4, 0.5) is 10.5 Å². The molecule has 0 aliphatic carbocycles. The highest BCUT2D eigenvalue weighted by Crippen LogP contribution is 2.27. The van der Waals surface area contributed by atoms with Gasteiger partial charge >= 0.3 is 12.1 Å². The van der Waals surface area contributed by atoms with Crippen molar-refractivity contribution in [3.05, 3.63) is 88.4 Å². The minimum atomic E-state index is -0.636. The van der Waals surface area contributed by atoms with Crippen molar-refractivity contribution in [3.63, 3.8) is 0 Å².